The van der Waals surface area contributed by atoms with Crippen molar-refractivity contribution in [3.8, 4) is 5.75 Å². The molecule has 6 aliphatic rings. The number of allylic oxidation sites excluding steroid dienone is 4. The quantitative estimate of drug-likeness (QED) is 0.244. The first kappa shape index (κ1) is 39.2. The third kappa shape index (κ3) is 6.36. The number of fused-ring (bicyclic) bond motifs is 6. The highest BCUT2D eigenvalue weighted by Crippen LogP contribution is 2.67. The second-order valence-corrected chi connectivity index (χ2v) is 17.2. The number of hydrogen-bond acceptors (Lipinski definition) is 13. The minimum Gasteiger partial charge on any atom is -0.492 e. The van der Waals surface area contributed by atoms with Crippen LogP contribution in [0.15, 0.2) is 40.9 Å². The monoisotopic (exact) mass is 791 g/mol. The molecule has 2 unspecified atom stereocenters. The van der Waals surface area contributed by atoms with Crippen molar-refractivity contribution in [1.29, 1.82) is 0 Å². The van der Waals surface area contributed by atoms with Gasteiger partial charge in [0.2, 0.25) is 18.0 Å². The van der Waals surface area contributed by atoms with Gasteiger partial charge in [0.25, 0.3) is 0 Å². The number of ether oxygens (including phenoxy) is 4. The van der Waals surface area contributed by atoms with Gasteiger partial charge in [-0.2, -0.15) is 0 Å². The van der Waals surface area contributed by atoms with Crippen LogP contribution in [0.1, 0.15) is 82.1 Å². The first-order valence-electron chi connectivity index (χ1n) is 19.9. The van der Waals surface area contributed by atoms with E-state index in [0.717, 1.165) is 24.5 Å². The predicted molar refractivity (Wildman–Crippen MR) is 203 cm³/mol. The fraction of sp³-hybridized carbons (Fsp3) is 0.595. The van der Waals surface area contributed by atoms with E-state index in [4.69, 9.17) is 18.9 Å². The molecule has 1 aliphatic heterocycles. The first-order valence-corrected chi connectivity index (χ1v) is 19.9. The SMILES string of the molecule is COc1c(N2CCNC(C)C2)c(F)cc2c(=O)c(C(=O)OCOC(=O)OCC(=O)[C@]3(O)CC[C@@H]4[C@H]5CCC6=CC(=O)C=C[C@@]6(C)C5[C@H](O)C[C@]43C)cn(C3CC3)c12. The van der Waals surface area contributed by atoms with Gasteiger partial charge >= 0.3 is 12.1 Å². The molecule has 8 atom stereocenters. The summed E-state index contributed by atoms with van der Waals surface area (Å²) < 4.78 is 38.4. The van der Waals surface area contributed by atoms with E-state index in [2.05, 4.69) is 5.32 Å². The Morgan fingerprint density at radius 2 is 1.86 bits per heavy atom. The lowest BCUT2D eigenvalue weighted by atomic mass is 9.46. The number of nitrogens with zero attached hydrogens (tertiary/aromatic N) is 2. The minimum atomic E-state index is -1.88. The van der Waals surface area contributed by atoms with Gasteiger partial charge in [-0.15, -0.1) is 0 Å². The molecule has 2 heterocycles. The van der Waals surface area contributed by atoms with Gasteiger partial charge in [0.15, 0.2) is 24.0 Å². The number of pyridine rings is 1. The molecule has 14 nitrogen and oxygen atoms in total. The summed E-state index contributed by atoms with van der Waals surface area (Å²) in [5, 5.41) is 26.8. The Bertz CT molecular complexity index is 2160. The Hall–Kier alpha value is -4.60. The summed E-state index contributed by atoms with van der Waals surface area (Å²) in [6.07, 6.45) is 8.05. The van der Waals surface area contributed by atoms with E-state index in [0.29, 0.717) is 44.4 Å². The molecule has 1 saturated heterocycles. The second kappa shape index (κ2) is 14.3. The van der Waals surface area contributed by atoms with E-state index < -0.39 is 65.1 Å². The number of carbonyl (C=O) groups is 4. The number of hydrogen-bond donors (Lipinski definition) is 3. The molecule has 0 radical (unpaired) electrons. The van der Waals surface area contributed by atoms with E-state index in [9.17, 15) is 34.2 Å². The van der Waals surface area contributed by atoms with Crippen LogP contribution in [0.5, 0.6) is 5.75 Å². The summed E-state index contributed by atoms with van der Waals surface area (Å²) >= 11 is 0. The van der Waals surface area contributed by atoms with E-state index in [1.807, 2.05) is 31.7 Å². The molecule has 57 heavy (non-hydrogen) atoms. The predicted octanol–water partition coefficient (Wildman–Crippen LogP) is 4.13. The molecule has 5 fully saturated rings. The maximum absolute atomic E-state index is 15.8. The Balaban J connectivity index is 0.915. The lowest BCUT2D eigenvalue weighted by molar-refractivity contribution is -0.179. The molecule has 4 saturated carbocycles. The van der Waals surface area contributed by atoms with Gasteiger partial charge < -0.3 is 43.9 Å². The fourth-order valence-electron chi connectivity index (χ4n) is 11.1. The zero-order valence-electron chi connectivity index (χ0n) is 32.7. The van der Waals surface area contributed by atoms with Crippen molar-refractivity contribution in [1.82, 2.24) is 9.88 Å². The van der Waals surface area contributed by atoms with Crippen LogP contribution in [0.3, 0.4) is 0 Å². The van der Waals surface area contributed by atoms with Gasteiger partial charge in [0.1, 0.15) is 16.9 Å². The van der Waals surface area contributed by atoms with Crippen LogP contribution in [-0.2, 0) is 23.8 Å². The molecular formula is C42H50FN3O11. The third-order valence-electron chi connectivity index (χ3n) is 14.0. The summed E-state index contributed by atoms with van der Waals surface area (Å²) in [7, 11) is 1.42. The summed E-state index contributed by atoms with van der Waals surface area (Å²) in [5.74, 6) is -2.64. The molecule has 8 rings (SSSR count). The number of ketones is 2. The Labute approximate surface area is 328 Å². The molecule has 15 heteroatoms. The third-order valence-corrected chi connectivity index (χ3v) is 14.0. The van der Waals surface area contributed by atoms with Crippen molar-refractivity contribution in [2.24, 2.45) is 28.6 Å². The molecule has 1 aromatic carbocycles. The molecule has 0 amide bonds. The average Bonchev–Trinajstić information content (AvgIpc) is 3.98. The minimum absolute atomic E-state index is 0.00286. The maximum Gasteiger partial charge on any atom is 0.511 e. The summed E-state index contributed by atoms with van der Waals surface area (Å²) in [6, 6.07) is 1.17. The largest absolute Gasteiger partial charge is 0.511 e. The normalized spacial score (nSPS) is 33.2. The molecule has 5 aliphatic carbocycles. The Morgan fingerprint density at radius 1 is 1.09 bits per heavy atom. The number of carbonyl (C=O) groups excluding carboxylic acids is 4. The average molecular weight is 792 g/mol. The van der Waals surface area contributed by atoms with Crippen LogP contribution in [-0.4, -0.2) is 96.4 Å². The summed E-state index contributed by atoms with van der Waals surface area (Å²) in [6.45, 7) is 5.80. The Kier molecular flexibility index (Phi) is 9.88. The number of rotatable bonds is 9. The van der Waals surface area contributed by atoms with Crippen LogP contribution >= 0.6 is 0 Å². The maximum atomic E-state index is 15.8. The number of methoxy groups -OCH3 is 1. The smallest absolute Gasteiger partial charge is 0.492 e. The number of aliphatic hydroxyl groups is 2. The van der Waals surface area contributed by atoms with E-state index >= 15 is 4.39 Å². The number of nitrogens with one attached hydrogen (secondary N) is 1. The number of aromatic nitrogens is 1. The van der Waals surface area contributed by atoms with E-state index in [1.165, 1.54) is 13.3 Å². The molecule has 306 valence electrons. The number of aliphatic hydroxyl groups excluding tert-OH is 1. The van der Waals surface area contributed by atoms with Crippen molar-refractivity contribution in [3.05, 3.63) is 57.7 Å². The highest BCUT2D eigenvalue weighted by atomic mass is 19.1. The van der Waals surface area contributed by atoms with Crippen molar-refractivity contribution in [2.45, 2.75) is 89.5 Å². The summed E-state index contributed by atoms with van der Waals surface area (Å²) in [4.78, 5) is 67.1. The van der Waals surface area contributed by atoms with Crippen molar-refractivity contribution in [3.63, 3.8) is 0 Å². The second-order valence-electron chi connectivity index (χ2n) is 17.2. The van der Waals surface area contributed by atoms with Crippen LogP contribution in [0.2, 0.25) is 0 Å². The molecular weight excluding hydrogens is 741 g/mol. The van der Waals surface area contributed by atoms with E-state index in [1.54, 1.807) is 16.7 Å². The van der Waals surface area contributed by atoms with Crippen molar-refractivity contribution in [2.75, 3.05) is 45.0 Å². The zero-order valence-corrected chi connectivity index (χ0v) is 32.7. The highest BCUT2D eigenvalue weighted by molar-refractivity contribution is 6.01. The van der Waals surface area contributed by atoms with Crippen LogP contribution in [0, 0.1) is 34.4 Å². The number of esters is 1. The van der Waals surface area contributed by atoms with E-state index in [-0.39, 0.29) is 70.8 Å². The molecule has 1 aromatic heterocycles. The van der Waals surface area contributed by atoms with Crippen LogP contribution < -0.4 is 20.4 Å². The molecule has 2 aromatic rings. The number of halogens is 1. The number of benzene rings is 1. The molecule has 0 spiro atoms. The van der Waals surface area contributed by atoms with Gasteiger partial charge in [-0.3, -0.25) is 14.4 Å². The van der Waals surface area contributed by atoms with Gasteiger partial charge in [-0.1, -0.05) is 25.5 Å². The lowest BCUT2D eigenvalue weighted by Gasteiger charge is -2.59. The van der Waals surface area contributed by atoms with Gasteiger partial charge in [-0.05, 0) is 81.9 Å². The number of Topliss-reactive ketones (excluding diaryl/α,β-unsaturated/α-hetero) is 1. The summed E-state index contributed by atoms with van der Waals surface area (Å²) in [5.41, 5.74) is -2.92. The van der Waals surface area contributed by atoms with Crippen LogP contribution in [0.25, 0.3) is 10.9 Å². The molecule has 3 N–H and O–H groups in total. The van der Waals surface area contributed by atoms with Crippen molar-refractivity contribution >= 4 is 40.3 Å². The van der Waals surface area contributed by atoms with Crippen molar-refractivity contribution < 1.29 is 52.7 Å². The fourth-order valence-corrected chi connectivity index (χ4v) is 11.1. The highest BCUT2D eigenvalue weighted by Gasteiger charge is 2.68. The molecule has 0 bridgehead atoms. The van der Waals surface area contributed by atoms with Gasteiger partial charge in [0, 0.05) is 54.7 Å². The zero-order chi connectivity index (χ0) is 40.6. The topological polar surface area (TPSA) is 183 Å². The number of piperazine rings is 1. The lowest BCUT2D eigenvalue weighted by Crippen LogP contribution is -2.61. The van der Waals surface area contributed by atoms with Crippen LogP contribution in [0.4, 0.5) is 14.9 Å². The van der Waals surface area contributed by atoms with Gasteiger partial charge in [-0.25, -0.2) is 14.0 Å². The Morgan fingerprint density at radius 3 is 2.58 bits per heavy atom. The van der Waals surface area contributed by atoms with Gasteiger partial charge in [0.05, 0.1) is 24.1 Å². The number of anilines is 1. The standard InChI is InChI=1S/C42H50FN3O11/c1-22-18-45(14-13-44-22)35-30(43)16-27-34(37(35)54-4)46(24-6-7-24)19-28(36(27)50)38(51)56-21-57-39(52)55-20-32(49)42(53)12-10-29-26-8-5-23-15-25(47)9-11-40(23,2)33(26)31(48)17-41(29,42)3/h9,11,15-16,19,22,24,26,29,31,33,44,48,53H,5-8,10,12-14,17-18,20-21H2,1-4H3/t22?,26-,29-,31-,33?,40-,41-,42-/m1/s1. The first-order chi connectivity index (χ1) is 27.1.